The fourth-order valence-corrected chi connectivity index (χ4v) is 2.05. The number of benzene rings is 1. The van der Waals surface area contributed by atoms with E-state index in [0.717, 1.165) is 6.54 Å². The van der Waals surface area contributed by atoms with Gasteiger partial charge in [-0.15, -0.1) is 0 Å². The molecule has 0 aliphatic carbocycles. The minimum Gasteiger partial charge on any atom is -0.353 e. The van der Waals surface area contributed by atoms with E-state index in [1.165, 1.54) is 10.9 Å². The number of hydrogen-bond acceptors (Lipinski definition) is 1. The molecule has 1 aromatic heterocycles. The first kappa shape index (κ1) is 13.7. The van der Waals surface area contributed by atoms with Crippen molar-refractivity contribution in [1.29, 1.82) is 0 Å². The highest BCUT2D eigenvalue weighted by Gasteiger charge is 2.10. The summed E-state index contributed by atoms with van der Waals surface area (Å²) in [5.74, 6) is 0.593. The molecule has 0 saturated carbocycles. The van der Waals surface area contributed by atoms with Crippen LogP contribution >= 0.6 is 0 Å². The highest BCUT2D eigenvalue weighted by molar-refractivity contribution is 5.80. The molecule has 0 spiro atoms. The van der Waals surface area contributed by atoms with E-state index in [9.17, 15) is 4.79 Å². The molecule has 1 aromatic carbocycles. The Balaban J connectivity index is 1.94. The molecule has 0 aliphatic heterocycles. The van der Waals surface area contributed by atoms with Gasteiger partial charge >= 0.3 is 0 Å². The van der Waals surface area contributed by atoms with Crippen molar-refractivity contribution in [3.63, 3.8) is 0 Å². The average molecular weight is 258 g/mol. The number of aromatic nitrogens is 1. The minimum absolute atomic E-state index is 0.124. The maximum absolute atomic E-state index is 11.9. The summed E-state index contributed by atoms with van der Waals surface area (Å²) < 4.78 is 2.13. The zero-order valence-electron chi connectivity index (χ0n) is 11.9. The second kappa shape index (κ2) is 5.91. The smallest absolute Gasteiger partial charge is 0.222 e. The summed E-state index contributed by atoms with van der Waals surface area (Å²) in [6.45, 7) is 7.01. The van der Waals surface area contributed by atoms with Gasteiger partial charge in [0.15, 0.2) is 0 Å². The van der Waals surface area contributed by atoms with Crippen molar-refractivity contribution in [1.82, 2.24) is 9.88 Å². The highest BCUT2D eigenvalue weighted by Crippen LogP contribution is 2.15. The Kier molecular flexibility index (Phi) is 4.25. The summed E-state index contributed by atoms with van der Waals surface area (Å²) in [4.78, 5) is 11.9. The molecule has 2 rings (SSSR count). The molecule has 1 amide bonds. The van der Waals surface area contributed by atoms with Gasteiger partial charge in [-0.25, -0.2) is 0 Å². The predicted octanol–water partition coefficient (Wildman–Crippen LogP) is 3.19. The summed E-state index contributed by atoms with van der Waals surface area (Å²) in [5.41, 5.74) is 1.19. The van der Waals surface area contributed by atoms with Gasteiger partial charge < -0.3 is 9.88 Å². The molecule has 3 heteroatoms. The van der Waals surface area contributed by atoms with Gasteiger partial charge in [-0.05, 0) is 30.4 Å². The summed E-state index contributed by atoms with van der Waals surface area (Å²) in [5, 5.41) is 4.26. The first-order valence-corrected chi connectivity index (χ1v) is 6.91. The van der Waals surface area contributed by atoms with Crippen LogP contribution in [0.4, 0.5) is 0 Å². The molecule has 0 aliphatic rings. The van der Waals surface area contributed by atoms with E-state index in [2.05, 4.69) is 41.9 Å². The number of fused-ring (bicyclic) bond motifs is 1. The van der Waals surface area contributed by atoms with Gasteiger partial charge in [0.05, 0.1) is 0 Å². The predicted molar refractivity (Wildman–Crippen MR) is 79.0 cm³/mol. The molecule has 0 bridgehead atoms. The van der Waals surface area contributed by atoms with Gasteiger partial charge in [-0.3, -0.25) is 4.79 Å². The Morgan fingerprint density at radius 1 is 1.21 bits per heavy atom. The molecule has 0 fully saturated rings. The minimum atomic E-state index is 0.124. The Bertz CT molecular complexity index is 557. The lowest BCUT2D eigenvalue weighted by molar-refractivity contribution is -0.122. The number of nitrogens with one attached hydrogen (secondary N) is 1. The van der Waals surface area contributed by atoms with E-state index in [1.807, 2.05) is 25.3 Å². The number of carbonyl (C=O) groups excluding carboxylic acids is 1. The van der Waals surface area contributed by atoms with Gasteiger partial charge in [-0.2, -0.15) is 0 Å². The summed E-state index contributed by atoms with van der Waals surface area (Å²) >= 11 is 0. The SMILES string of the molecule is CC(C)C(C)NC(=O)CCn1ccc2ccccc21. The molecular formula is C16H22N2O. The molecule has 1 unspecified atom stereocenters. The Hall–Kier alpha value is -1.77. The molecular weight excluding hydrogens is 236 g/mol. The van der Waals surface area contributed by atoms with E-state index < -0.39 is 0 Å². The van der Waals surface area contributed by atoms with E-state index in [1.54, 1.807) is 0 Å². The van der Waals surface area contributed by atoms with Gasteiger partial charge in [0.1, 0.15) is 0 Å². The Morgan fingerprint density at radius 2 is 1.95 bits per heavy atom. The van der Waals surface area contributed by atoms with Gasteiger partial charge in [-0.1, -0.05) is 32.0 Å². The largest absolute Gasteiger partial charge is 0.353 e. The molecule has 0 radical (unpaired) electrons. The molecule has 1 heterocycles. The number of hydrogen-bond donors (Lipinski definition) is 1. The zero-order chi connectivity index (χ0) is 13.8. The van der Waals surface area contributed by atoms with Crippen molar-refractivity contribution in [3.8, 4) is 0 Å². The average Bonchev–Trinajstić information content (AvgIpc) is 2.79. The number of rotatable bonds is 5. The molecule has 1 N–H and O–H groups in total. The fourth-order valence-electron chi connectivity index (χ4n) is 2.05. The quantitative estimate of drug-likeness (QED) is 0.878. The van der Waals surface area contributed by atoms with Crippen molar-refractivity contribution in [2.24, 2.45) is 5.92 Å². The molecule has 2 aromatic rings. The lowest BCUT2D eigenvalue weighted by atomic mass is 10.1. The number of carbonyl (C=O) groups is 1. The van der Waals surface area contributed by atoms with E-state index in [4.69, 9.17) is 0 Å². The van der Waals surface area contributed by atoms with Crippen molar-refractivity contribution in [3.05, 3.63) is 36.5 Å². The first-order chi connectivity index (χ1) is 9.08. The maximum atomic E-state index is 11.9. The van der Waals surface area contributed by atoms with Crippen LogP contribution in [0.2, 0.25) is 0 Å². The second-order valence-corrected chi connectivity index (χ2v) is 5.42. The summed E-state index contributed by atoms with van der Waals surface area (Å²) in [6.07, 6.45) is 2.57. The molecule has 19 heavy (non-hydrogen) atoms. The van der Waals surface area contributed by atoms with E-state index in [-0.39, 0.29) is 11.9 Å². The molecule has 0 saturated heterocycles. The van der Waals surface area contributed by atoms with Crippen LogP contribution in [-0.2, 0) is 11.3 Å². The first-order valence-electron chi connectivity index (χ1n) is 6.91. The second-order valence-electron chi connectivity index (χ2n) is 5.42. The number of para-hydroxylation sites is 1. The number of amides is 1. The van der Waals surface area contributed by atoms with Crippen molar-refractivity contribution in [2.45, 2.75) is 39.8 Å². The normalized spacial score (nSPS) is 12.8. The van der Waals surface area contributed by atoms with Gasteiger partial charge in [0, 0.05) is 30.7 Å². The third-order valence-electron chi connectivity index (χ3n) is 3.65. The molecule has 102 valence electrons. The summed E-state index contributed by atoms with van der Waals surface area (Å²) in [6, 6.07) is 10.6. The van der Waals surface area contributed by atoms with Crippen LogP contribution in [0.3, 0.4) is 0 Å². The third-order valence-corrected chi connectivity index (χ3v) is 3.65. The maximum Gasteiger partial charge on any atom is 0.222 e. The van der Waals surface area contributed by atoms with Crippen molar-refractivity contribution < 1.29 is 4.79 Å². The van der Waals surface area contributed by atoms with E-state index in [0.29, 0.717) is 12.3 Å². The highest BCUT2D eigenvalue weighted by atomic mass is 16.1. The van der Waals surface area contributed by atoms with Crippen LogP contribution in [0.15, 0.2) is 36.5 Å². The Morgan fingerprint density at radius 3 is 2.68 bits per heavy atom. The topological polar surface area (TPSA) is 34.0 Å². The summed E-state index contributed by atoms with van der Waals surface area (Å²) in [7, 11) is 0. The van der Waals surface area contributed by atoms with Crippen LogP contribution in [-0.4, -0.2) is 16.5 Å². The van der Waals surface area contributed by atoms with Gasteiger partial charge in [0.2, 0.25) is 5.91 Å². The van der Waals surface area contributed by atoms with Crippen molar-refractivity contribution >= 4 is 16.8 Å². The van der Waals surface area contributed by atoms with Crippen LogP contribution in [0, 0.1) is 5.92 Å². The fraction of sp³-hybridized carbons (Fsp3) is 0.438. The van der Waals surface area contributed by atoms with Crippen LogP contribution in [0.25, 0.3) is 10.9 Å². The lowest BCUT2D eigenvalue weighted by Crippen LogP contribution is -2.36. The third kappa shape index (κ3) is 3.37. The van der Waals surface area contributed by atoms with Crippen molar-refractivity contribution in [2.75, 3.05) is 0 Å². The van der Waals surface area contributed by atoms with Crippen LogP contribution in [0.5, 0.6) is 0 Å². The standard InChI is InChI=1S/C16H22N2O/c1-12(2)13(3)17-16(19)9-11-18-10-8-14-6-4-5-7-15(14)18/h4-8,10,12-13H,9,11H2,1-3H3,(H,17,19). The number of nitrogens with zero attached hydrogens (tertiary/aromatic N) is 1. The zero-order valence-corrected chi connectivity index (χ0v) is 11.9. The Labute approximate surface area is 114 Å². The molecule has 3 nitrogen and oxygen atoms in total. The lowest BCUT2D eigenvalue weighted by Gasteiger charge is -2.17. The van der Waals surface area contributed by atoms with Gasteiger partial charge in [0.25, 0.3) is 0 Å². The van der Waals surface area contributed by atoms with E-state index >= 15 is 0 Å². The monoisotopic (exact) mass is 258 g/mol. The molecule has 1 atom stereocenters. The number of aryl methyl sites for hydroxylation is 1. The van der Waals surface area contributed by atoms with Crippen LogP contribution in [0.1, 0.15) is 27.2 Å². The van der Waals surface area contributed by atoms with Crippen LogP contribution < -0.4 is 5.32 Å².